The molecule has 0 unspecified atom stereocenters. The van der Waals surface area contributed by atoms with E-state index in [1.165, 1.54) is 12.7 Å². The van der Waals surface area contributed by atoms with E-state index in [1.807, 2.05) is 13.0 Å². The molecule has 0 spiro atoms. The summed E-state index contributed by atoms with van der Waals surface area (Å²) in [6, 6.07) is 11.1. The van der Waals surface area contributed by atoms with Crippen LogP contribution in [0.4, 0.5) is 0 Å². The maximum Gasteiger partial charge on any atom is 0.322 e. The molecule has 1 N–H and O–H groups in total. The standard InChI is InChI=1S/C16H24N2O2/c1-12(16(19)20-3)17-15-9-10-18(11-15)13(2)14-7-5-4-6-8-14/h4-8,12-13,15,17H,9-11H2,1-3H3/t12-,13-,15+/m0/s1. The molecule has 2 rings (SSSR count). The minimum absolute atomic E-state index is 0.195. The zero-order valence-electron chi connectivity index (χ0n) is 12.5. The number of likely N-dealkylation sites (tertiary alicyclic amines) is 1. The van der Waals surface area contributed by atoms with Gasteiger partial charge in [0, 0.05) is 25.2 Å². The predicted molar refractivity (Wildman–Crippen MR) is 79.4 cm³/mol. The summed E-state index contributed by atoms with van der Waals surface area (Å²) in [5.74, 6) is -0.195. The number of benzene rings is 1. The number of nitrogens with one attached hydrogen (secondary N) is 1. The van der Waals surface area contributed by atoms with Gasteiger partial charge in [0.1, 0.15) is 6.04 Å². The summed E-state index contributed by atoms with van der Waals surface area (Å²) in [6.45, 7) is 6.12. The molecule has 110 valence electrons. The van der Waals surface area contributed by atoms with Crippen molar-refractivity contribution in [3.63, 3.8) is 0 Å². The lowest BCUT2D eigenvalue weighted by molar-refractivity contribution is -0.142. The van der Waals surface area contributed by atoms with E-state index in [2.05, 4.69) is 41.4 Å². The number of carbonyl (C=O) groups is 1. The lowest BCUT2D eigenvalue weighted by Crippen LogP contribution is -2.43. The number of carbonyl (C=O) groups excluding carboxylic acids is 1. The Morgan fingerprint density at radius 1 is 1.35 bits per heavy atom. The Hall–Kier alpha value is -1.39. The van der Waals surface area contributed by atoms with Crippen molar-refractivity contribution in [2.45, 2.75) is 38.4 Å². The van der Waals surface area contributed by atoms with Crippen LogP contribution < -0.4 is 5.32 Å². The monoisotopic (exact) mass is 276 g/mol. The van der Waals surface area contributed by atoms with Gasteiger partial charge < -0.3 is 10.1 Å². The predicted octanol–water partition coefficient (Wildman–Crippen LogP) is 1.97. The van der Waals surface area contributed by atoms with E-state index in [0.29, 0.717) is 12.1 Å². The Morgan fingerprint density at radius 2 is 2.05 bits per heavy atom. The molecular formula is C16H24N2O2. The molecule has 0 saturated carbocycles. The second-order valence-electron chi connectivity index (χ2n) is 5.48. The second kappa shape index (κ2) is 6.86. The van der Waals surface area contributed by atoms with Crippen molar-refractivity contribution in [1.29, 1.82) is 0 Å². The highest BCUT2D eigenvalue weighted by atomic mass is 16.5. The first-order valence-electron chi connectivity index (χ1n) is 7.24. The average Bonchev–Trinajstić information content (AvgIpc) is 2.94. The van der Waals surface area contributed by atoms with Crippen LogP contribution in [-0.4, -0.2) is 43.2 Å². The summed E-state index contributed by atoms with van der Waals surface area (Å²) in [5.41, 5.74) is 1.34. The molecular weight excluding hydrogens is 252 g/mol. The zero-order valence-corrected chi connectivity index (χ0v) is 12.5. The molecule has 1 aromatic rings. The van der Waals surface area contributed by atoms with Crippen LogP contribution in [0, 0.1) is 0 Å². The normalized spacial score (nSPS) is 22.4. The van der Waals surface area contributed by atoms with Crippen LogP contribution in [0.15, 0.2) is 30.3 Å². The minimum atomic E-state index is -0.239. The third-order valence-corrected chi connectivity index (χ3v) is 4.09. The summed E-state index contributed by atoms with van der Waals surface area (Å²) in [5, 5.41) is 3.35. The molecule has 3 atom stereocenters. The first-order valence-corrected chi connectivity index (χ1v) is 7.24. The summed E-state index contributed by atoms with van der Waals surface area (Å²) in [6.07, 6.45) is 1.07. The van der Waals surface area contributed by atoms with E-state index >= 15 is 0 Å². The number of hydrogen-bond acceptors (Lipinski definition) is 4. The zero-order chi connectivity index (χ0) is 14.5. The van der Waals surface area contributed by atoms with Gasteiger partial charge in [0.15, 0.2) is 0 Å². The maximum absolute atomic E-state index is 11.4. The quantitative estimate of drug-likeness (QED) is 0.835. The highest BCUT2D eigenvalue weighted by Crippen LogP contribution is 2.24. The van der Waals surface area contributed by atoms with Gasteiger partial charge in [-0.25, -0.2) is 0 Å². The van der Waals surface area contributed by atoms with Crippen molar-refractivity contribution in [3.8, 4) is 0 Å². The van der Waals surface area contributed by atoms with E-state index in [4.69, 9.17) is 4.74 Å². The van der Waals surface area contributed by atoms with Crippen LogP contribution in [0.3, 0.4) is 0 Å². The fraction of sp³-hybridized carbons (Fsp3) is 0.562. The maximum atomic E-state index is 11.4. The summed E-state index contributed by atoms with van der Waals surface area (Å²) < 4.78 is 4.75. The van der Waals surface area contributed by atoms with Crippen molar-refractivity contribution in [2.24, 2.45) is 0 Å². The fourth-order valence-corrected chi connectivity index (χ4v) is 2.82. The number of nitrogens with zero attached hydrogens (tertiary/aromatic N) is 1. The second-order valence-corrected chi connectivity index (χ2v) is 5.48. The fourth-order valence-electron chi connectivity index (χ4n) is 2.82. The molecule has 1 saturated heterocycles. The Balaban J connectivity index is 1.88. The van der Waals surface area contributed by atoms with Gasteiger partial charge >= 0.3 is 5.97 Å². The van der Waals surface area contributed by atoms with E-state index in [1.54, 1.807) is 0 Å². The average molecular weight is 276 g/mol. The number of methoxy groups -OCH3 is 1. The highest BCUT2D eigenvalue weighted by Gasteiger charge is 2.28. The van der Waals surface area contributed by atoms with Crippen LogP contribution in [0.1, 0.15) is 31.9 Å². The van der Waals surface area contributed by atoms with Gasteiger partial charge in [-0.1, -0.05) is 30.3 Å². The van der Waals surface area contributed by atoms with E-state index < -0.39 is 0 Å². The van der Waals surface area contributed by atoms with Crippen LogP contribution in [0.25, 0.3) is 0 Å². The van der Waals surface area contributed by atoms with Crippen molar-refractivity contribution >= 4 is 5.97 Å². The summed E-state index contributed by atoms with van der Waals surface area (Å²) in [7, 11) is 1.43. The lowest BCUT2D eigenvalue weighted by Gasteiger charge is -2.25. The third-order valence-electron chi connectivity index (χ3n) is 4.09. The van der Waals surface area contributed by atoms with Gasteiger partial charge in [0.25, 0.3) is 0 Å². The van der Waals surface area contributed by atoms with Crippen LogP contribution in [0.2, 0.25) is 0 Å². The molecule has 0 amide bonds. The number of rotatable bonds is 5. The van der Waals surface area contributed by atoms with Gasteiger partial charge in [-0.15, -0.1) is 0 Å². The molecule has 1 aliphatic rings. The van der Waals surface area contributed by atoms with Crippen LogP contribution >= 0.6 is 0 Å². The smallest absolute Gasteiger partial charge is 0.322 e. The lowest BCUT2D eigenvalue weighted by atomic mass is 10.1. The SMILES string of the molecule is COC(=O)[C@H](C)N[C@@H]1CCN([C@@H](C)c2ccccc2)C1. The number of esters is 1. The van der Waals surface area contributed by atoms with Crippen LogP contribution in [0.5, 0.6) is 0 Å². The van der Waals surface area contributed by atoms with Gasteiger partial charge in [0.05, 0.1) is 7.11 Å². The largest absolute Gasteiger partial charge is 0.468 e. The molecule has 0 bridgehead atoms. The van der Waals surface area contributed by atoms with E-state index in [-0.39, 0.29) is 12.0 Å². The third kappa shape index (κ3) is 3.58. The van der Waals surface area contributed by atoms with Gasteiger partial charge in [-0.05, 0) is 25.8 Å². The topological polar surface area (TPSA) is 41.6 Å². The Labute approximate surface area is 121 Å². The van der Waals surface area contributed by atoms with Crippen LogP contribution in [-0.2, 0) is 9.53 Å². The molecule has 1 fully saturated rings. The highest BCUT2D eigenvalue weighted by molar-refractivity contribution is 5.75. The van der Waals surface area contributed by atoms with Crippen molar-refractivity contribution in [3.05, 3.63) is 35.9 Å². The molecule has 1 aliphatic heterocycles. The molecule has 0 aromatic heterocycles. The van der Waals surface area contributed by atoms with Crippen molar-refractivity contribution in [1.82, 2.24) is 10.2 Å². The Morgan fingerprint density at radius 3 is 2.70 bits per heavy atom. The Bertz CT molecular complexity index is 435. The minimum Gasteiger partial charge on any atom is -0.468 e. The molecule has 0 radical (unpaired) electrons. The van der Waals surface area contributed by atoms with E-state index in [9.17, 15) is 4.79 Å². The van der Waals surface area contributed by atoms with Crippen molar-refractivity contribution < 1.29 is 9.53 Å². The molecule has 1 heterocycles. The number of hydrogen-bond donors (Lipinski definition) is 1. The van der Waals surface area contributed by atoms with Gasteiger partial charge in [-0.3, -0.25) is 9.69 Å². The first-order chi connectivity index (χ1) is 9.61. The number of ether oxygens (including phenoxy) is 1. The molecule has 4 heteroatoms. The van der Waals surface area contributed by atoms with E-state index in [0.717, 1.165) is 19.5 Å². The first kappa shape index (κ1) is 15.0. The van der Waals surface area contributed by atoms with Gasteiger partial charge in [-0.2, -0.15) is 0 Å². The molecule has 1 aromatic carbocycles. The molecule has 4 nitrogen and oxygen atoms in total. The Kier molecular flexibility index (Phi) is 5.15. The van der Waals surface area contributed by atoms with Gasteiger partial charge in [0.2, 0.25) is 0 Å². The van der Waals surface area contributed by atoms with Crippen molar-refractivity contribution in [2.75, 3.05) is 20.2 Å². The molecule has 20 heavy (non-hydrogen) atoms. The summed E-state index contributed by atoms with van der Waals surface area (Å²) in [4.78, 5) is 13.9. The summed E-state index contributed by atoms with van der Waals surface area (Å²) >= 11 is 0. The molecule has 0 aliphatic carbocycles.